The summed E-state index contributed by atoms with van der Waals surface area (Å²) in [5.41, 5.74) is 0. The molecule has 2 heterocycles. The lowest BCUT2D eigenvalue weighted by Crippen LogP contribution is -2.50. The Morgan fingerprint density at radius 1 is 1.56 bits per heavy atom. The number of morpholine rings is 1. The molecule has 1 amide bonds. The lowest BCUT2D eigenvalue weighted by molar-refractivity contribution is -0.128. The van der Waals surface area contributed by atoms with Crippen molar-refractivity contribution in [2.24, 2.45) is 0 Å². The van der Waals surface area contributed by atoms with Gasteiger partial charge in [0.2, 0.25) is 5.91 Å². The molecule has 2 saturated heterocycles. The Morgan fingerprint density at radius 3 is 3.17 bits per heavy atom. The quantitative estimate of drug-likeness (QED) is 0.773. The third-order valence-electron chi connectivity index (χ3n) is 3.54. The van der Waals surface area contributed by atoms with Gasteiger partial charge >= 0.3 is 0 Å². The van der Waals surface area contributed by atoms with Gasteiger partial charge < -0.3 is 14.8 Å². The van der Waals surface area contributed by atoms with E-state index in [2.05, 4.69) is 10.2 Å². The maximum Gasteiger partial charge on any atom is 0.246 e. The number of hydrogen-bond donors (Lipinski definition) is 1. The number of carbonyl (C=O) groups is 1. The third-order valence-corrected chi connectivity index (χ3v) is 3.54. The first-order valence-corrected chi connectivity index (χ1v) is 6.89. The number of fused-ring (bicyclic) bond motifs is 1. The Bertz CT molecular complexity index is 283. The van der Waals surface area contributed by atoms with E-state index >= 15 is 0 Å². The predicted molar refractivity (Wildman–Crippen MR) is 68.4 cm³/mol. The number of hydrogen-bond acceptors (Lipinski definition) is 4. The molecule has 0 saturated carbocycles. The van der Waals surface area contributed by atoms with Crippen LogP contribution < -0.4 is 5.32 Å². The van der Waals surface area contributed by atoms with Gasteiger partial charge in [-0.3, -0.25) is 9.69 Å². The molecule has 5 nitrogen and oxygen atoms in total. The highest BCUT2D eigenvalue weighted by Crippen LogP contribution is 2.22. The molecule has 104 valence electrons. The predicted octanol–water partition coefficient (Wildman–Crippen LogP) is 0.391. The highest BCUT2D eigenvalue weighted by Gasteiger charge is 2.32. The van der Waals surface area contributed by atoms with Crippen LogP contribution in [0.4, 0.5) is 0 Å². The van der Waals surface area contributed by atoms with Crippen LogP contribution in [-0.2, 0) is 14.3 Å². The van der Waals surface area contributed by atoms with E-state index in [0.29, 0.717) is 12.6 Å². The first-order valence-electron chi connectivity index (χ1n) is 6.89. The summed E-state index contributed by atoms with van der Waals surface area (Å²) >= 11 is 0. The minimum absolute atomic E-state index is 0.0594. The highest BCUT2D eigenvalue weighted by molar-refractivity contribution is 5.77. The number of nitrogens with one attached hydrogen (secondary N) is 1. The van der Waals surface area contributed by atoms with Crippen molar-refractivity contribution in [3.8, 4) is 0 Å². The Balaban J connectivity index is 1.63. The van der Waals surface area contributed by atoms with E-state index < -0.39 is 0 Å². The van der Waals surface area contributed by atoms with Crippen molar-refractivity contribution in [3.05, 3.63) is 0 Å². The lowest BCUT2D eigenvalue weighted by atomic mass is 10.2. The molecule has 5 heteroatoms. The van der Waals surface area contributed by atoms with E-state index in [1.807, 2.05) is 13.8 Å². The molecular weight excluding hydrogens is 232 g/mol. The fourth-order valence-electron chi connectivity index (χ4n) is 2.53. The zero-order valence-corrected chi connectivity index (χ0v) is 11.4. The molecule has 18 heavy (non-hydrogen) atoms. The van der Waals surface area contributed by atoms with Gasteiger partial charge in [-0.25, -0.2) is 0 Å². The van der Waals surface area contributed by atoms with Gasteiger partial charge in [-0.2, -0.15) is 0 Å². The maximum atomic E-state index is 11.5. The van der Waals surface area contributed by atoms with Crippen LogP contribution in [0.3, 0.4) is 0 Å². The molecule has 2 rings (SSSR count). The molecule has 2 aliphatic rings. The van der Waals surface area contributed by atoms with Crippen LogP contribution in [0.2, 0.25) is 0 Å². The number of rotatable bonds is 5. The van der Waals surface area contributed by atoms with Crippen molar-refractivity contribution in [3.63, 3.8) is 0 Å². The minimum Gasteiger partial charge on any atom is -0.373 e. The Labute approximate surface area is 109 Å². The van der Waals surface area contributed by atoms with Gasteiger partial charge in [-0.05, 0) is 33.2 Å². The second-order valence-electron chi connectivity index (χ2n) is 5.41. The molecule has 2 unspecified atom stereocenters. The van der Waals surface area contributed by atoms with E-state index in [-0.39, 0.29) is 24.7 Å². The minimum atomic E-state index is -0.0594. The van der Waals surface area contributed by atoms with Gasteiger partial charge in [-0.15, -0.1) is 0 Å². The summed E-state index contributed by atoms with van der Waals surface area (Å²) in [6.45, 7) is 7.49. The van der Waals surface area contributed by atoms with Crippen LogP contribution in [0.5, 0.6) is 0 Å². The van der Waals surface area contributed by atoms with Gasteiger partial charge in [0.1, 0.15) is 6.61 Å². The fraction of sp³-hybridized carbons (Fsp3) is 0.923. The number of amides is 1. The van der Waals surface area contributed by atoms with Crippen molar-refractivity contribution in [2.45, 2.75) is 44.9 Å². The smallest absolute Gasteiger partial charge is 0.246 e. The van der Waals surface area contributed by atoms with Crippen molar-refractivity contribution >= 4 is 5.91 Å². The molecule has 0 bridgehead atoms. The fourth-order valence-corrected chi connectivity index (χ4v) is 2.53. The monoisotopic (exact) mass is 256 g/mol. The second kappa shape index (κ2) is 6.50. The molecule has 2 atom stereocenters. The van der Waals surface area contributed by atoms with Crippen LogP contribution in [-0.4, -0.2) is 61.9 Å². The van der Waals surface area contributed by atoms with Crippen LogP contribution in [0.1, 0.15) is 26.7 Å². The average molecular weight is 256 g/mol. The first-order chi connectivity index (χ1) is 8.65. The van der Waals surface area contributed by atoms with Crippen LogP contribution in [0, 0.1) is 0 Å². The van der Waals surface area contributed by atoms with Gasteiger partial charge in [0.05, 0.1) is 18.8 Å². The van der Waals surface area contributed by atoms with Crippen LogP contribution in [0.25, 0.3) is 0 Å². The molecule has 1 N–H and O–H groups in total. The molecule has 0 spiro atoms. The van der Waals surface area contributed by atoms with E-state index in [4.69, 9.17) is 9.47 Å². The lowest BCUT2D eigenvalue weighted by Gasteiger charge is -2.35. The second-order valence-corrected chi connectivity index (χ2v) is 5.41. The molecule has 2 fully saturated rings. The molecular formula is C13H24N2O3. The van der Waals surface area contributed by atoms with E-state index in [1.54, 1.807) is 0 Å². The highest BCUT2D eigenvalue weighted by atomic mass is 16.5. The number of carbonyl (C=O) groups excluding carboxylic acids is 1. The summed E-state index contributed by atoms with van der Waals surface area (Å²) < 4.78 is 11.0. The van der Waals surface area contributed by atoms with Crippen molar-refractivity contribution < 1.29 is 14.3 Å². The zero-order chi connectivity index (χ0) is 13.0. The first kappa shape index (κ1) is 13.8. The summed E-state index contributed by atoms with van der Waals surface area (Å²) in [4.78, 5) is 14.0. The summed E-state index contributed by atoms with van der Waals surface area (Å²) in [5.74, 6) is -0.0594. The molecule has 2 aliphatic heterocycles. The standard InChI is InChI=1S/C13H24N2O3/c1-10(2)17-9-13(16)14-6-12-7-15-5-3-4-11(15)8-18-12/h10-12H,3-9H2,1-2H3,(H,14,16). The molecule has 0 aromatic heterocycles. The molecule has 0 radical (unpaired) electrons. The summed E-state index contributed by atoms with van der Waals surface area (Å²) in [5, 5.41) is 2.87. The van der Waals surface area contributed by atoms with Crippen LogP contribution in [0.15, 0.2) is 0 Å². The average Bonchev–Trinajstić information content (AvgIpc) is 2.81. The third kappa shape index (κ3) is 3.93. The van der Waals surface area contributed by atoms with Crippen molar-refractivity contribution in [1.82, 2.24) is 10.2 Å². The summed E-state index contributed by atoms with van der Waals surface area (Å²) in [6, 6.07) is 0.612. The normalized spacial score (nSPS) is 28.4. The summed E-state index contributed by atoms with van der Waals surface area (Å²) in [6.07, 6.45) is 2.74. The number of ether oxygens (including phenoxy) is 2. The molecule has 0 aliphatic carbocycles. The van der Waals surface area contributed by atoms with Gasteiger partial charge in [-0.1, -0.05) is 0 Å². The van der Waals surface area contributed by atoms with E-state index in [0.717, 1.165) is 13.2 Å². The van der Waals surface area contributed by atoms with Crippen molar-refractivity contribution in [2.75, 3.05) is 32.8 Å². The van der Waals surface area contributed by atoms with Crippen LogP contribution >= 0.6 is 0 Å². The van der Waals surface area contributed by atoms with Gasteiger partial charge in [0.25, 0.3) is 0 Å². The Kier molecular flexibility index (Phi) is 4.97. The Hall–Kier alpha value is -0.650. The zero-order valence-electron chi connectivity index (χ0n) is 11.4. The molecule has 0 aromatic carbocycles. The Morgan fingerprint density at radius 2 is 2.39 bits per heavy atom. The van der Waals surface area contributed by atoms with Gasteiger partial charge in [0.15, 0.2) is 0 Å². The van der Waals surface area contributed by atoms with E-state index in [1.165, 1.54) is 19.4 Å². The van der Waals surface area contributed by atoms with Crippen molar-refractivity contribution in [1.29, 1.82) is 0 Å². The van der Waals surface area contributed by atoms with Gasteiger partial charge in [0, 0.05) is 19.1 Å². The molecule has 0 aromatic rings. The maximum absolute atomic E-state index is 11.5. The van der Waals surface area contributed by atoms with E-state index in [9.17, 15) is 4.79 Å². The number of nitrogens with zero attached hydrogens (tertiary/aromatic N) is 1. The SMILES string of the molecule is CC(C)OCC(=O)NCC1CN2CCCC2CO1. The summed E-state index contributed by atoms with van der Waals surface area (Å²) in [7, 11) is 0. The largest absolute Gasteiger partial charge is 0.373 e. The topological polar surface area (TPSA) is 50.8 Å².